The number of halogens is 3. The van der Waals surface area contributed by atoms with E-state index in [9.17, 15) is 4.39 Å². The van der Waals surface area contributed by atoms with Crippen molar-refractivity contribution in [3.8, 4) is 11.3 Å². The largest absolute Gasteiger partial charge is 0.460 e. The minimum atomic E-state index is -0.397. The highest BCUT2D eigenvalue weighted by Gasteiger charge is 2.13. The molecule has 84 valence electrons. The smallest absolute Gasteiger partial charge is 0.136 e. The summed E-state index contributed by atoms with van der Waals surface area (Å²) in [5.41, 5.74) is 6.07. The number of hydrogen-bond acceptors (Lipinski definition) is 2. The summed E-state index contributed by atoms with van der Waals surface area (Å²) in [4.78, 5) is 0. The molecule has 2 rings (SSSR count). The summed E-state index contributed by atoms with van der Waals surface area (Å²) in [6.45, 7) is 0.316. The number of rotatable bonds is 2. The van der Waals surface area contributed by atoms with E-state index in [0.717, 1.165) is 0 Å². The van der Waals surface area contributed by atoms with Crippen molar-refractivity contribution in [3.05, 3.63) is 45.3 Å². The van der Waals surface area contributed by atoms with E-state index in [1.54, 1.807) is 12.1 Å². The third-order valence-corrected chi connectivity index (χ3v) is 3.04. The lowest BCUT2D eigenvalue weighted by Crippen LogP contribution is -1.92. The normalized spacial score (nSPS) is 10.8. The van der Waals surface area contributed by atoms with Crippen molar-refractivity contribution in [2.24, 2.45) is 5.73 Å². The van der Waals surface area contributed by atoms with E-state index in [0.29, 0.717) is 33.1 Å². The van der Waals surface area contributed by atoms with Gasteiger partial charge in [0.1, 0.15) is 17.3 Å². The molecule has 0 fully saturated rings. The Morgan fingerprint density at radius 1 is 1.38 bits per heavy atom. The van der Waals surface area contributed by atoms with E-state index in [1.807, 2.05) is 0 Å². The molecule has 2 N–H and O–H groups in total. The Hall–Kier alpha value is -0.840. The van der Waals surface area contributed by atoms with Gasteiger partial charge < -0.3 is 10.2 Å². The van der Waals surface area contributed by atoms with Crippen molar-refractivity contribution in [1.82, 2.24) is 0 Å². The average Bonchev–Trinajstić information content (AvgIpc) is 2.64. The van der Waals surface area contributed by atoms with Gasteiger partial charge in [-0.1, -0.05) is 11.6 Å². The first-order chi connectivity index (χ1) is 7.61. The zero-order valence-electron chi connectivity index (χ0n) is 8.14. The Bertz CT molecular complexity index is 503. The number of nitrogens with two attached hydrogens (primary N) is 1. The van der Waals surface area contributed by atoms with E-state index >= 15 is 0 Å². The molecule has 1 aromatic carbocycles. The molecule has 0 aliphatic carbocycles. The minimum absolute atomic E-state index is 0.296. The zero-order chi connectivity index (χ0) is 11.7. The highest BCUT2D eigenvalue weighted by atomic mass is 79.9. The van der Waals surface area contributed by atoms with Gasteiger partial charge >= 0.3 is 0 Å². The lowest BCUT2D eigenvalue weighted by atomic mass is 10.2. The fourth-order valence-corrected chi connectivity index (χ4v) is 2.44. The molecule has 16 heavy (non-hydrogen) atoms. The highest BCUT2D eigenvalue weighted by Crippen LogP contribution is 2.36. The maximum Gasteiger partial charge on any atom is 0.136 e. The molecule has 0 radical (unpaired) electrons. The van der Waals surface area contributed by atoms with Crippen LogP contribution in [0.15, 0.2) is 33.2 Å². The Balaban J connectivity index is 2.55. The average molecular weight is 305 g/mol. The fraction of sp³-hybridized carbons (Fsp3) is 0.0909. The van der Waals surface area contributed by atoms with Crippen molar-refractivity contribution in [1.29, 1.82) is 0 Å². The van der Waals surface area contributed by atoms with Crippen molar-refractivity contribution < 1.29 is 8.81 Å². The van der Waals surface area contributed by atoms with Gasteiger partial charge in [-0.05, 0) is 40.2 Å². The van der Waals surface area contributed by atoms with Crippen LogP contribution in [-0.2, 0) is 6.54 Å². The molecule has 0 aliphatic heterocycles. The molecular formula is C11H8BrClFNO. The standard InChI is InChI=1S/C11H8BrClFNO/c12-8-3-6(14)4-9(13)11(8)10-2-1-7(5-15)16-10/h1-4H,5,15H2. The van der Waals surface area contributed by atoms with Gasteiger partial charge in [0.05, 0.1) is 17.1 Å². The lowest BCUT2D eigenvalue weighted by Gasteiger charge is -2.04. The molecule has 0 aliphatic rings. The Morgan fingerprint density at radius 2 is 2.12 bits per heavy atom. The summed E-state index contributed by atoms with van der Waals surface area (Å²) in [6, 6.07) is 6.10. The van der Waals surface area contributed by atoms with Crippen LogP contribution < -0.4 is 5.73 Å². The molecule has 2 aromatic rings. The highest BCUT2D eigenvalue weighted by molar-refractivity contribution is 9.10. The van der Waals surface area contributed by atoms with E-state index in [1.165, 1.54) is 12.1 Å². The Morgan fingerprint density at radius 3 is 2.69 bits per heavy atom. The molecule has 0 saturated heterocycles. The molecule has 0 spiro atoms. The SMILES string of the molecule is NCc1ccc(-c2c(Cl)cc(F)cc2Br)o1. The van der Waals surface area contributed by atoms with Gasteiger partial charge in [-0.3, -0.25) is 0 Å². The van der Waals surface area contributed by atoms with Crippen LogP contribution in [0, 0.1) is 5.82 Å². The third-order valence-electron chi connectivity index (χ3n) is 2.12. The van der Waals surface area contributed by atoms with Gasteiger partial charge in [-0.2, -0.15) is 0 Å². The summed E-state index contributed by atoms with van der Waals surface area (Å²) in [6.07, 6.45) is 0. The quantitative estimate of drug-likeness (QED) is 0.912. The third kappa shape index (κ3) is 2.14. The second kappa shape index (κ2) is 4.57. The summed E-state index contributed by atoms with van der Waals surface area (Å²) in [5.74, 6) is 0.825. The van der Waals surface area contributed by atoms with Crippen LogP contribution in [0.3, 0.4) is 0 Å². The summed E-state index contributed by atoms with van der Waals surface area (Å²) < 4.78 is 19.0. The Kier molecular flexibility index (Phi) is 3.33. The topological polar surface area (TPSA) is 39.2 Å². The van der Waals surface area contributed by atoms with Gasteiger partial charge in [-0.15, -0.1) is 0 Å². The lowest BCUT2D eigenvalue weighted by molar-refractivity contribution is 0.525. The molecular weight excluding hydrogens is 296 g/mol. The summed E-state index contributed by atoms with van der Waals surface area (Å²) in [5, 5.41) is 0.296. The minimum Gasteiger partial charge on any atom is -0.460 e. The molecule has 2 nitrogen and oxygen atoms in total. The molecule has 0 amide bonds. The van der Waals surface area contributed by atoms with Crippen molar-refractivity contribution >= 4 is 27.5 Å². The first-order valence-electron chi connectivity index (χ1n) is 4.55. The first-order valence-corrected chi connectivity index (χ1v) is 5.72. The second-order valence-corrected chi connectivity index (χ2v) is 4.48. The van der Waals surface area contributed by atoms with Crippen molar-refractivity contribution in [3.63, 3.8) is 0 Å². The number of benzene rings is 1. The van der Waals surface area contributed by atoms with Gasteiger partial charge in [0.15, 0.2) is 0 Å². The van der Waals surface area contributed by atoms with E-state index in [2.05, 4.69) is 15.9 Å². The van der Waals surface area contributed by atoms with Gasteiger partial charge in [-0.25, -0.2) is 4.39 Å². The number of hydrogen-bond donors (Lipinski definition) is 1. The molecule has 0 bridgehead atoms. The predicted octanol–water partition coefficient (Wildman–Crippen LogP) is 3.96. The Labute approximate surface area is 105 Å². The first kappa shape index (κ1) is 11.6. The molecule has 1 heterocycles. The summed E-state index contributed by atoms with van der Waals surface area (Å²) in [7, 11) is 0. The fourth-order valence-electron chi connectivity index (χ4n) is 1.40. The van der Waals surface area contributed by atoms with Crippen LogP contribution in [0.1, 0.15) is 5.76 Å². The maximum atomic E-state index is 13.0. The van der Waals surface area contributed by atoms with Gasteiger partial charge in [0.2, 0.25) is 0 Å². The van der Waals surface area contributed by atoms with Crippen LogP contribution in [0.25, 0.3) is 11.3 Å². The molecule has 0 saturated carbocycles. The number of furan rings is 1. The van der Waals surface area contributed by atoms with Crippen LogP contribution >= 0.6 is 27.5 Å². The van der Waals surface area contributed by atoms with Crippen LogP contribution in [0.4, 0.5) is 4.39 Å². The van der Waals surface area contributed by atoms with E-state index in [4.69, 9.17) is 21.8 Å². The van der Waals surface area contributed by atoms with Crippen LogP contribution in [-0.4, -0.2) is 0 Å². The zero-order valence-corrected chi connectivity index (χ0v) is 10.5. The predicted molar refractivity (Wildman–Crippen MR) is 64.7 cm³/mol. The monoisotopic (exact) mass is 303 g/mol. The molecule has 5 heteroatoms. The van der Waals surface area contributed by atoms with Crippen molar-refractivity contribution in [2.45, 2.75) is 6.54 Å². The van der Waals surface area contributed by atoms with Gasteiger partial charge in [0.25, 0.3) is 0 Å². The summed E-state index contributed by atoms with van der Waals surface area (Å²) >= 11 is 9.21. The van der Waals surface area contributed by atoms with Crippen LogP contribution in [0.2, 0.25) is 5.02 Å². The van der Waals surface area contributed by atoms with E-state index < -0.39 is 5.82 Å². The van der Waals surface area contributed by atoms with Gasteiger partial charge in [0, 0.05) is 4.47 Å². The second-order valence-electron chi connectivity index (χ2n) is 3.21. The molecule has 1 aromatic heterocycles. The van der Waals surface area contributed by atoms with Crippen LogP contribution in [0.5, 0.6) is 0 Å². The van der Waals surface area contributed by atoms with Crippen molar-refractivity contribution in [2.75, 3.05) is 0 Å². The molecule has 0 unspecified atom stereocenters. The van der Waals surface area contributed by atoms with E-state index in [-0.39, 0.29) is 0 Å². The maximum absolute atomic E-state index is 13.0. The molecule has 0 atom stereocenters.